The number of carbonyl (C=O) groups is 1. The fourth-order valence-electron chi connectivity index (χ4n) is 3.73. The van der Waals surface area contributed by atoms with E-state index in [1.54, 1.807) is 10.6 Å². The van der Waals surface area contributed by atoms with Gasteiger partial charge in [0.05, 0.1) is 28.4 Å². The zero-order valence-electron chi connectivity index (χ0n) is 17.2. The summed E-state index contributed by atoms with van der Waals surface area (Å²) in [7, 11) is 0. The number of nitrogens with zero attached hydrogens (tertiary/aromatic N) is 3. The first-order valence-electron chi connectivity index (χ1n) is 10.3. The molecule has 0 saturated carbocycles. The number of hydrogen-bond donors (Lipinski definition) is 0. The van der Waals surface area contributed by atoms with Crippen molar-refractivity contribution in [3.63, 3.8) is 0 Å². The molecule has 1 atom stereocenters. The third-order valence-electron chi connectivity index (χ3n) is 5.20. The van der Waals surface area contributed by atoms with Crippen LogP contribution in [0.1, 0.15) is 26.7 Å². The van der Waals surface area contributed by atoms with Crippen LogP contribution in [0.3, 0.4) is 0 Å². The second-order valence-electron chi connectivity index (χ2n) is 7.25. The third kappa shape index (κ3) is 3.94. The molecule has 1 amide bonds. The maximum absolute atomic E-state index is 13.5. The summed E-state index contributed by atoms with van der Waals surface area (Å²) in [6, 6.07) is 14.7. The van der Waals surface area contributed by atoms with E-state index in [0.717, 1.165) is 25.9 Å². The normalized spacial score (nSPS) is 14.8. The molecule has 2 aromatic carbocycles. The van der Waals surface area contributed by atoms with Crippen molar-refractivity contribution in [2.24, 2.45) is 0 Å². The second kappa shape index (κ2) is 8.92. The lowest BCUT2D eigenvalue weighted by atomic mass is 10.2. The minimum Gasteiger partial charge on any atom is -0.492 e. The van der Waals surface area contributed by atoms with E-state index in [9.17, 15) is 9.59 Å². The molecule has 0 bridgehead atoms. The number of carbonyl (C=O) groups excluding carboxylic acids is 1. The Labute approximate surface area is 179 Å². The molecule has 7 heteroatoms. The molecule has 4 rings (SSSR count). The molecule has 30 heavy (non-hydrogen) atoms. The molecule has 1 aromatic heterocycles. The smallest absolute Gasteiger partial charge is 0.266 e. The van der Waals surface area contributed by atoms with Crippen LogP contribution in [0.2, 0.25) is 0 Å². The Bertz CT molecular complexity index is 1120. The maximum atomic E-state index is 13.5. The lowest BCUT2D eigenvalue weighted by molar-refractivity contribution is -0.129. The van der Waals surface area contributed by atoms with Crippen LogP contribution in [0.25, 0.3) is 16.6 Å². The van der Waals surface area contributed by atoms with Gasteiger partial charge < -0.3 is 9.64 Å². The zero-order valence-corrected chi connectivity index (χ0v) is 18.0. The fraction of sp³-hybridized carbons (Fsp3) is 0.348. The van der Waals surface area contributed by atoms with Crippen LogP contribution in [0.4, 0.5) is 0 Å². The van der Waals surface area contributed by atoms with Crippen molar-refractivity contribution >= 4 is 28.6 Å². The second-order valence-corrected chi connectivity index (χ2v) is 8.55. The Balaban J connectivity index is 1.83. The number of thioether (sulfide) groups is 1. The van der Waals surface area contributed by atoms with Crippen LogP contribution < -0.4 is 10.3 Å². The highest BCUT2D eigenvalue weighted by atomic mass is 32.2. The Morgan fingerprint density at radius 3 is 2.60 bits per heavy atom. The molecule has 1 fully saturated rings. The first-order chi connectivity index (χ1) is 14.6. The Hall–Kier alpha value is -2.80. The molecule has 156 valence electrons. The van der Waals surface area contributed by atoms with Gasteiger partial charge in [0.1, 0.15) is 5.75 Å². The Morgan fingerprint density at radius 1 is 1.13 bits per heavy atom. The summed E-state index contributed by atoms with van der Waals surface area (Å²) in [6.45, 7) is 5.87. The Kier molecular flexibility index (Phi) is 6.08. The quantitative estimate of drug-likeness (QED) is 0.445. The summed E-state index contributed by atoms with van der Waals surface area (Å²) in [5.41, 5.74) is 1.08. The number of fused-ring (bicyclic) bond motifs is 1. The minimum atomic E-state index is -0.346. The highest BCUT2D eigenvalue weighted by Crippen LogP contribution is 2.30. The summed E-state index contributed by atoms with van der Waals surface area (Å²) < 4.78 is 7.35. The van der Waals surface area contributed by atoms with E-state index in [0.29, 0.717) is 34.1 Å². The van der Waals surface area contributed by atoms with Crippen LogP contribution in [-0.2, 0) is 4.79 Å². The van der Waals surface area contributed by atoms with Gasteiger partial charge in [-0.1, -0.05) is 36.0 Å². The third-order valence-corrected chi connectivity index (χ3v) is 6.24. The lowest BCUT2D eigenvalue weighted by Crippen LogP contribution is -2.34. The van der Waals surface area contributed by atoms with Gasteiger partial charge >= 0.3 is 0 Å². The van der Waals surface area contributed by atoms with E-state index in [-0.39, 0.29) is 16.7 Å². The molecule has 0 N–H and O–H groups in total. The summed E-state index contributed by atoms with van der Waals surface area (Å²) in [5, 5.41) is 0.680. The highest BCUT2D eigenvalue weighted by Gasteiger charge is 2.26. The van der Waals surface area contributed by atoms with Gasteiger partial charge in [0.2, 0.25) is 5.91 Å². The minimum absolute atomic E-state index is 0.0875. The van der Waals surface area contributed by atoms with Crippen molar-refractivity contribution in [3.05, 3.63) is 58.9 Å². The first kappa shape index (κ1) is 20.5. The molecular formula is C23H25N3O3S. The fourth-order valence-corrected chi connectivity index (χ4v) is 4.73. The van der Waals surface area contributed by atoms with Gasteiger partial charge in [-0.2, -0.15) is 0 Å². The molecule has 1 aliphatic rings. The predicted octanol–water partition coefficient (Wildman–Crippen LogP) is 3.89. The number of para-hydroxylation sites is 3. The average molecular weight is 424 g/mol. The van der Waals surface area contributed by atoms with E-state index < -0.39 is 0 Å². The van der Waals surface area contributed by atoms with Crippen molar-refractivity contribution in [2.75, 3.05) is 19.7 Å². The van der Waals surface area contributed by atoms with Gasteiger partial charge in [0.25, 0.3) is 5.56 Å². The molecule has 0 unspecified atom stereocenters. The molecule has 1 aliphatic heterocycles. The van der Waals surface area contributed by atoms with Crippen molar-refractivity contribution < 1.29 is 9.53 Å². The number of hydrogen-bond acceptors (Lipinski definition) is 5. The van der Waals surface area contributed by atoms with Gasteiger partial charge in [0.15, 0.2) is 5.16 Å². The van der Waals surface area contributed by atoms with E-state index in [4.69, 9.17) is 9.72 Å². The summed E-state index contributed by atoms with van der Waals surface area (Å²) in [5.74, 6) is 0.698. The molecule has 6 nitrogen and oxygen atoms in total. The van der Waals surface area contributed by atoms with Crippen molar-refractivity contribution in [3.8, 4) is 11.4 Å². The van der Waals surface area contributed by atoms with Crippen LogP contribution >= 0.6 is 11.8 Å². The molecule has 3 aromatic rings. The largest absolute Gasteiger partial charge is 0.492 e. The number of amides is 1. The monoisotopic (exact) mass is 423 g/mol. The SMILES string of the molecule is CCOc1ccccc1-n1c(S[C@@H](C)C(=O)N2CCCC2)nc2ccccc2c1=O. The molecule has 2 heterocycles. The van der Waals surface area contributed by atoms with Crippen LogP contribution in [0.5, 0.6) is 5.75 Å². The average Bonchev–Trinajstić information content (AvgIpc) is 3.29. The van der Waals surface area contributed by atoms with E-state index >= 15 is 0 Å². The van der Waals surface area contributed by atoms with E-state index in [2.05, 4.69) is 0 Å². The first-order valence-corrected chi connectivity index (χ1v) is 11.2. The van der Waals surface area contributed by atoms with Crippen molar-refractivity contribution in [1.82, 2.24) is 14.5 Å². The number of rotatable bonds is 6. The van der Waals surface area contributed by atoms with Crippen LogP contribution in [0, 0.1) is 0 Å². The van der Waals surface area contributed by atoms with E-state index in [1.165, 1.54) is 11.8 Å². The highest BCUT2D eigenvalue weighted by molar-refractivity contribution is 8.00. The van der Waals surface area contributed by atoms with Gasteiger partial charge in [-0.25, -0.2) is 4.98 Å². The maximum Gasteiger partial charge on any atom is 0.266 e. The van der Waals surface area contributed by atoms with Crippen LogP contribution in [-0.4, -0.2) is 45.3 Å². The molecule has 0 spiro atoms. The van der Waals surface area contributed by atoms with Crippen LogP contribution in [0.15, 0.2) is 58.5 Å². The zero-order chi connectivity index (χ0) is 21.1. The molecule has 0 radical (unpaired) electrons. The number of aromatic nitrogens is 2. The van der Waals surface area contributed by atoms with E-state index in [1.807, 2.05) is 61.2 Å². The molecule has 1 saturated heterocycles. The van der Waals surface area contributed by atoms with Crippen molar-refractivity contribution in [2.45, 2.75) is 37.1 Å². The van der Waals surface area contributed by atoms with Crippen molar-refractivity contribution in [1.29, 1.82) is 0 Å². The molecule has 0 aliphatic carbocycles. The summed E-state index contributed by atoms with van der Waals surface area (Å²) in [6.07, 6.45) is 2.09. The predicted molar refractivity (Wildman–Crippen MR) is 120 cm³/mol. The topological polar surface area (TPSA) is 64.4 Å². The van der Waals surface area contributed by atoms with Gasteiger partial charge in [-0.05, 0) is 51.0 Å². The Morgan fingerprint density at radius 2 is 1.83 bits per heavy atom. The lowest BCUT2D eigenvalue weighted by Gasteiger charge is -2.21. The summed E-state index contributed by atoms with van der Waals surface area (Å²) >= 11 is 1.32. The number of likely N-dealkylation sites (tertiary alicyclic amines) is 1. The molecular weight excluding hydrogens is 398 g/mol. The number of benzene rings is 2. The van der Waals surface area contributed by atoms with Gasteiger partial charge in [-0.3, -0.25) is 14.2 Å². The summed E-state index contributed by atoms with van der Waals surface area (Å²) in [4.78, 5) is 33.0. The standard InChI is InChI=1S/C23H25N3O3S/c1-3-29-20-13-7-6-12-19(20)26-22(28)17-10-4-5-11-18(17)24-23(26)30-16(2)21(27)25-14-8-9-15-25/h4-7,10-13,16H,3,8-9,14-15H2,1-2H3/t16-/m0/s1. The van der Waals surface area contributed by atoms with Gasteiger partial charge in [-0.15, -0.1) is 0 Å². The number of ether oxygens (including phenoxy) is 1. The van der Waals surface area contributed by atoms with Gasteiger partial charge in [0, 0.05) is 13.1 Å².